The number of carbonyl (C=O) groups is 1. The van der Waals surface area contributed by atoms with Crippen LogP contribution in [0.4, 0.5) is 13.2 Å². The van der Waals surface area contributed by atoms with Crippen molar-refractivity contribution in [1.29, 1.82) is 0 Å². The van der Waals surface area contributed by atoms with Gasteiger partial charge in [0.25, 0.3) is 0 Å². The maximum absolute atomic E-state index is 13.9. The minimum absolute atomic E-state index is 0.179. The van der Waals surface area contributed by atoms with Gasteiger partial charge in [-0.3, -0.25) is 10.1 Å². The highest BCUT2D eigenvalue weighted by atomic mass is 35.5. The van der Waals surface area contributed by atoms with E-state index in [1.165, 1.54) is 0 Å². The number of nitrogens with zero attached hydrogens (tertiary/aromatic N) is 1. The van der Waals surface area contributed by atoms with Crippen molar-refractivity contribution in [2.45, 2.75) is 25.2 Å². The Morgan fingerprint density at radius 1 is 1.27 bits per heavy atom. The third-order valence-corrected chi connectivity index (χ3v) is 3.29. The molecule has 0 aliphatic heterocycles. The standard InChI is InChI=1S/C13H16ClF3N4O/c14-6-2-1-3-8(12(22)20-13(18)21-19)7-4-5-9(15)11(17)10(7)16/h4-5,8H,1-3,6,19H2,(H3,18,20,21,22)/t8-/m0/s1. The maximum atomic E-state index is 13.9. The summed E-state index contributed by atoms with van der Waals surface area (Å²) in [5.41, 5.74) is 5.01. The van der Waals surface area contributed by atoms with E-state index in [2.05, 4.69) is 10.4 Å². The SMILES string of the molecule is NN=C(N)NC(=O)[C@@H](CCCCCl)c1ccc(F)c(F)c1F. The summed E-state index contributed by atoms with van der Waals surface area (Å²) in [7, 11) is 0. The van der Waals surface area contributed by atoms with Crippen LogP contribution in [0.15, 0.2) is 17.2 Å². The second-order valence-electron chi connectivity index (χ2n) is 4.51. The van der Waals surface area contributed by atoms with Crippen molar-refractivity contribution in [1.82, 2.24) is 5.32 Å². The van der Waals surface area contributed by atoms with Gasteiger partial charge in [-0.2, -0.15) is 0 Å². The van der Waals surface area contributed by atoms with Crippen LogP contribution < -0.4 is 16.9 Å². The van der Waals surface area contributed by atoms with Crippen LogP contribution in [0.5, 0.6) is 0 Å². The van der Waals surface area contributed by atoms with E-state index in [1.807, 2.05) is 0 Å². The van der Waals surface area contributed by atoms with Crippen LogP contribution in [-0.2, 0) is 4.79 Å². The number of rotatable bonds is 6. The lowest BCUT2D eigenvalue weighted by Crippen LogP contribution is -2.40. The summed E-state index contributed by atoms with van der Waals surface area (Å²) in [5, 5.41) is 5.23. The van der Waals surface area contributed by atoms with E-state index in [0.29, 0.717) is 18.7 Å². The summed E-state index contributed by atoms with van der Waals surface area (Å²) in [4.78, 5) is 12.1. The van der Waals surface area contributed by atoms with Gasteiger partial charge in [-0.1, -0.05) is 12.5 Å². The number of unbranched alkanes of at least 4 members (excludes halogenated alkanes) is 1. The lowest BCUT2D eigenvalue weighted by molar-refractivity contribution is -0.121. The largest absolute Gasteiger partial charge is 0.368 e. The molecule has 0 saturated heterocycles. The van der Waals surface area contributed by atoms with Gasteiger partial charge in [-0.15, -0.1) is 16.7 Å². The molecule has 5 N–H and O–H groups in total. The van der Waals surface area contributed by atoms with Crippen LogP contribution in [0.2, 0.25) is 0 Å². The Balaban J connectivity index is 3.09. The van der Waals surface area contributed by atoms with Gasteiger partial charge in [-0.05, 0) is 18.9 Å². The lowest BCUT2D eigenvalue weighted by Gasteiger charge is -2.17. The molecule has 122 valence electrons. The van der Waals surface area contributed by atoms with E-state index in [4.69, 9.17) is 23.2 Å². The predicted molar refractivity (Wildman–Crippen MR) is 77.6 cm³/mol. The lowest BCUT2D eigenvalue weighted by atomic mass is 9.92. The van der Waals surface area contributed by atoms with Gasteiger partial charge in [0.1, 0.15) is 0 Å². The van der Waals surface area contributed by atoms with E-state index in [9.17, 15) is 18.0 Å². The number of carbonyl (C=O) groups excluding carboxylic acids is 1. The molecule has 0 bridgehead atoms. The fourth-order valence-corrected chi connectivity index (χ4v) is 2.12. The van der Waals surface area contributed by atoms with Crippen LogP contribution in [0.25, 0.3) is 0 Å². The Kier molecular flexibility index (Phi) is 6.97. The van der Waals surface area contributed by atoms with E-state index >= 15 is 0 Å². The molecule has 9 heteroatoms. The van der Waals surface area contributed by atoms with Crippen molar-refractivity contribution in [2.75, 3.05) is 5.88 Å². The second kappa shape index (κ2) is 8.47. The number of hydrogen-bond acceptors (Lipinski definition) is 3. The highest BCUT2D eigenvalue weighted by Crippen LogP contribution is 2.27. The number of hydrogen-bond donors (Lipinski definition) is 3. The molecule has 0 aliphatic rings. The summed E-state index contributed by atoms with van der Waals surface area (Å²) in [5.74, 6) is -1.26. The van der Waals surface area contributed by atoms with Gasteiger partial charge >= 0.3 is 0 Å². The number of hydrazone groups is 1. The van der Waals surface area contributed by atoms with Crippen LogP contribution in [0.1, 0.15) is 30.7 Å². The zero-order valence-corrected chi connectivity index (χ0v) is 12.3. The third-order valence-electron chi connectivity index (χ3n) is 3.02. The number of nitrogens with two attached hydrogens (primary N) is 2. The predicted octanol–water partition coefficient (Wildman–Crippen LogP) is 1.90. The summed E-state index contributed by atoms with van der Waals surface area (Å²) >= 11 is 5.55. The Morgan fingerprint density at radius 2 is 1.95 bits per heavy atom. The van der Waals surface area contributed by atoms with Crippen LogP contribution in [-0.4, -0.2) is 17.7 Å². The van der Waals surface area contributed by atoms with E-state index < -0.39 is 29.3 Å². The first-order valence-electron chi connectivity index (χ1n) is 6.46. The average Bonchev–Trinajstić information content (AvgIpc) is 2.50. The Morgan fingerprint density at radius 3 is 2.55 bits per heavy atom. The highest BCUT2D eigenvalue weighted by Gasteiger charge is 2.26. The number of guanidine groups is 1. The summed E-state index contributed by atoms with van der Waals surface area (Å²) in [6, 6.07) is 1.78. The maximum Gasteiger partial charge on any atom is 0.234 e. The smallest absolute Gasteiger partial charge is 0.234 e. The van der Waals surface area contributed by atoms with Crippen molar-refractivity contribution in [2.24, 2.45) is 16.7 Å². The molecular formula is C13H16ClF3N4O. The van der Waals surface area contributed by atoms with Gasteiger partial charge in [0.15, 0.2) is 17.5 Å². The van der Waals surface area contributed by atoms with Crippen molar-refractivity contribution < 1.29 is 18.0 Å². The van der Waals surface area contributed by atoms with Gasteiger partial charge < -0.3 is 11.6 Å². The zero-order chi connectivity index (χ0) is 16.7. The highest BCUT2D eigenvalue weighted by molar-refractivity contribution is 6.17. The monoisotopic (exact) mass is 336 g/mol. The number of nitrogens with one attached hydrogen (secondary N) is 1. The van der Waals surface area contributed by atoms with Crippen molar-refractivity contribution in [3.63, 3.8) is 0 Å². The van der Waals surface area contributed by atoms with Gasteiger partial charge in [0, 0.05) is 11.4 Å². The number of amides is 1. The summed E-state index contributed by atoms with van der Waals surface area (Å²) in [6.45, 7) is 0. The third kappa shape index (κ3) is 4.52. The van der Waals surface area contributed by atoms with Gasteiger partial charge in [0.2, 0.25) is 11.9 Å². The summed E-state index contributed by atoms with van der Waals surface area (Å²) in [6.07, 6.45) is 1.25. The molecule has 0 aliphatic carbocycles. The first kappa shape index (κ1) is 18.1. The zero-order valence-electron chi connectivity index (χ0n) is 11.6. The molecule has 1 rings (SSSR count). The van der Waals surface area contributed by atoms with E-state index in [0.717, 1.165) is 12.1 Å². The minimum Gasteiger partial charge on any atom is -0.368 e. The molecule has 0 unspecified atom stereocenters. The van der Waals surface area contributed by atoms with E-state index in [1.54, 1.807) is 0 Å². The molecule has 0 heterocycles. The molecule has 0 aromatic heterocycles. The van der Waals surface area contributed by atoms with Crippen molar-refractivity contribution in [3.05, 3.63) is 35.1 Å². The normalized spacial score (nSPS) is 13.0. The van der Waals surface area contributed by atoms with Gasteiger partial charge in [-0.25, -0.2) is 13.2 Å². The van der Waals surface area contributed by atoms with Gasteiger partial charge in [0.05, 0.1) is 5.92 Å². The molecule has 1 aromatic carbocycles. The van der Waals surface area contributed by atoms with Crippen LogP contribution in [0.3, 0.4) is 0 Å². The fourth-order valence-electron chi connectivity index (χ4n) is 1.93. The van der Waals surface area contributed by atoms with Crippen molar-refractivity contribution >= 4 is 23.5 Å². The fraction of sp³-hybridized carbons (Fsp3) is 0.385. The average molecular weight is 337 g/mol. The molecule has 1 amide bonds. The molecule has 22 heavy (non-hydrogen) atoms. The minimum atomic E-state index is -1.63. The topological polar surface area (TPSA) is 93.5 Å². The molecule has 0 saturated carbocycles. The van der Waals surface area contributed by atoms with Crippen molar-refractivity contribution in [3.8, 4) is 0 Å². The second-order valence-corrected chi connectivity index (χ2v) is 4.88. The van der Waals surface area contributed by atoms with Crippen LogP contribution >= 0.6 is 11.6 Å². The molecule has 5 nitrogen and oxygen atoms in total. The quantitative estimate of drug-likeness (QED) is 0.141. The molecule has 1 atom stereocenters. The molecular weight excluding hydrogens is 321 g/mol. The Hall–Kier alpha value is -1.96. The number of alkyl halides is 1. The first-order valence-corrected chi connectivity index (χ1v) is 6.99. The summed E-state index contributed by atoms with van der Waals surface area (Å²) < 4.78 is 40.3. The van der Waals surface area contributed by atoms with Crippen LogP contribution in [0, 0.1) is 17.5 Å². The molecule has 1 aromatic rings. The molecule has 0 fully saturated rings. The molecule has 0 radical (unpaired) electrons. The number of benzene rings is 1. The first-order chi connectivity index (χ1) is 10.4. The number of halogens is 4. The Bertz CT molecular complexity index is 568. The van der Waals surface area contributed by atoms with E-state index in [-0.39, 0.29) is 17.9 Å². The Labute approximate surface area is 130 Å². The molecule has 0 spiro atoms.